The molecule has 0 saturated carbocycles. The standard InChI is InChI=1S/C9H20N4O4S/c1-9(2,8(10)12-14)7-11-18(15,16)13-3-5-17-6-4-13/h11,14H,3-7H2,1-2H3,(H2,10,12). The Morgan fingerprint density at radius 3 is 2.56 bits per heavy atom. The molecule has 0 spiro atoms. The van der Waals surface area contributed by atoms with Crippen molar-refractivity contribution < 1.29 is 18.4 Å². The summed E-state index contributed by atoms with van der Waals surface area (Å²) >= 11 is 0. The van der Waals surface area contributed by atoms with E-state index in [2.05, 4.69) is 9.88 Å². The van der Waals surface area contributed by atoms with E-state index >= 15 is 0 Å². The van der Waals surface area contributed by atoms with Gasteiger partial charge in [-0.15, -0.1) is 0 Å². The number of ether oxygens (including phenoxy) is 1. The fraction of sp³-hybridized carbons (Fsp3) is 0.889. The van der Waals surface area contributed by atoms with Crippen molar-refractivity contribution in [1.29, 1.82) is 0 Å². The largest absolute Gasteiger partial charge is 0.409 e. The number of rotatable bonds is 5. The van der Waals surface area contributed by atoms with E-state index in [0.717, 1.165) is 0 Å². The molecular weight excluding hydrogens is 260 g/mol. The zero-order valence-electron chi connectivity index (χ0n) is 10.6. The highest BCUT2D eigenvalue weighted by Gasteiger charge is 2.29. The van der Waals surface area contributed by atoms with Crippen LogP contribution in [-0.4, -0.2) is 56.6 Å². The van der Waals surface area contributed by atoms with Crippen LogP contribution >= 0.6 is 0 Å². The van der Waals surface area contributed by atoms with Crippen molar-refractivity contribution in [3.63, 3.8) is 0 Å². The molecule has 0 aliphatic carbocycles. The fourth-order valence-electron chi connectivity index (χ4n) is 1.38. The van der Waals surface area contributed by atoms with Crippen molar-refractivity contribution in [2.24, 2.45) is 16.3 Å². The molecule has 1 rings (SSSR count). The molecule has 8 nitrogen and oxygen atoms in total. The second-order valence-corrected chi connectivity index (χ2v) is 6.46. The molecule has 1 aliphatic heterocycles. The SMILES string of the molecule is CC(C)(CNS(=O)(=O)N1CCOCC1)C(N)=NO. The fourth-order valence-corrected chi connectivity index (χ4v) is 2.73. The van der Waals surface area contributed by atoms with Gasteiger partial charge in [0.05, 0.1) is 13.2 Å². The second kappa shape index (κ2) is 5.83. The lowest BCUT2D eigenvalue weighted by molar-refractivity contribution is 0.0724. The Hall–Kier alpha value is -0.900. The molecule has 0 unspecified atom stereocenters. The minimum Gasteiger partial charge on any atom is -0.409 e. The van der Waals surface area contributed by atoms with Crippen LogP contribution in [0.1, 0.15) is 13.8 Å². The number of hydrogen-bond acceptors (Lipinski definition) is 5. The molecule has 0 aromatic rings. The third-order valence-corrected chi connectivity index (χ3v) is 4.36. The second-order valence-electron chi connectivity index (χ2n) is 4.71. The summed E-state index contributed by atoms with van der Waals surface area (Å²) in [7, 11) is -3.55. The molecule has 0 bridgehead atoms. The van der Waals surface area contributed by atoms with Crippen LogP contribution in [0.15, 0.2) is 5.16 Å². The number of amidine groups is 1. The van der Waals surface area contributed by atoms with Crippen LogP contribution in [0.3, 0.4) is 0 Å². The number of hydrogen-bond donors (Lipinski definition) is 3. The first-order chi connectivity index (χ1) is 8.29. The van der Waals surface area contributed by atoms with Crippen LogP contribution in [0, 0.1) is 5.41 Å². The predicted molar refractivity (Wildman–Crippen MR) is 66.5 cm³/mol. The first-order valence-corrected chi connectivity index (χ1v) is 7.04. The first-order valence-electron chi connectivity index (χ1n) is 5.60. The van der Waals surface area contributed by atoms with E-state index in [1.807, 2.05) is 0 Å². The highest BCUT2D eigenvalue weighted by Crippen LogP contribution is 2.14. The van der Waals surface area contributed by atoms with Crippen LogP contribution in [0.2, 0.25) is 0 Å². The zero-order chi connectivity index (χ0) is 13.8. The smallest absolute Gasteiger partial charge is 0.279 e. The van der Waals surface area contributed by atoms with Crippen molar-refractivity contribution in [2.45, 2.75) is 13.8 Å². The van der Waals surface area contributed by atoms with Crippen LogP contribution in [-0.2, 0) is 14.9 Å². The Bertz CT molecular complexity index is 401. The molecule has 18 heavy (non-hydrogen) atoms. The van der Waals surface area contributed by atoms with Gasteiger partial charge in [-0.05, 0) is 0 Å². The summed E-state index contributed by atoms with van der Waals surface area (Å²) in [6, 6.07) is 0. The van der Waals surface area contributed by atoms with Gasteiger partial charge in [0.25, 0.3) is 10.2 Å². The van der Waals surface area contributed by atoms with Gasteiger partial charge in [0.15, 0.2) is 0 Å². The number of nitrogens with zero attached hydrogens (tertiary/aromatic N) is 2. The molecule has 4 N–H and O–H groups in total. The van der Waals surface area contributed by atoms with E-state index in [9.17, 15) is 8.42 Å². The number of oxime groups is 1. The molecule has 9 heteroatoms. The monoisotopic (exact) mass is 280 g/mol. The molecule has 1 heterocycles. The van der Waals surface area contributed by atoms with Gasteiger partial charge in [-0.3, -0.25) is 0 Å². The van der Waals surface area contributed by atoms with E-state index < -0.39 is 15.6 Å². The predicted octanol–water partition coefficient (Wildman–Crippen LogP) is -1.07. The summed E-state index contributed by atoms with van der Waals surface area (Å²) in [5.74, 6) is -0.0211. The topological polar surface area (TPSA) is 117 Å². The molecule has 1 fully saturated rings. The van der Waals surface area contributed by atoms with Crippen LogP contribution in [0.5, 0.6) is 0 Å². The Balaban J connectivity index is 2.61. The first kappa shape index (κ1) is 15.2. The quantitative estimate of drug-likeness (QED) is 0.256. The van der Waals surface area contributed by atoms with Gasteiger partial charge in [0.1, 0.15) is 5.84 Å². The van der Waals surface area contributed by atoms with E-state index in [1.54, 1.807) is 13.8 Å². The maximum Gasteiger partial charge on any atom is 0.279 e. The molecule has 0 radical (unpaired) electrons. The third-order valence-electron chi connectivity index (χ3n) is 2.81. The summed E-state index contributed by atoms with van der Waals surface area (Å²) in [4.78, 5) is 0. The van der Waals surface area contributed by atoms with Gasteiger partial charge in [-0.25, -0.2) is 4.72 Å². The average Bonchev–Trinajstić information content (AvgIpc) is 2.36. The summed E-state index contributed by atoms with van der Waals surface area (Å²) < 4.78 is 32.8. The summed E-state index contributed by atoms with van der Waals surface area (Å²) in [6.45, 7) is 4.88. The highest BCUT2D eigenvalue weighted by atomic mass is 32.2. The lowest BCUT2D eigenvalue weighted by Gasteiger charge is -2.29. The van der Waals surface area contributed by atoms with Crippen molar-refractivity contribution in [3.05, 3.63) is 0 Å². The van der Waals surface area contributed by atoms with Crippen molar-refractivity contribution >= 4 is 16.0 Å². The summed E-state index contributed by atoms with van der Waals surface area (Å²) in [6.07, 6.45) is 0. The average molecular weight is 280 g/mol. The molecule has 106 valence electrons. The maximum atomic E-state index is 12.0. The van der Waals surface area contributed by atoms with Gasteiger partial charge >= 0.3 is 0 Å². The minimum absolute atomic E-state index is 0.0211. The van der Waals surface area contributed by atoms with Crippen molar-refractivity contribution in [2.75, 3.05) is 32.8 Å². The Morgan fingerprint density at radius 1 is 1.50 bits per heavy atom. The highest BCUT2D eigenvalue weighted by molar-refractivity contribution is 7.87. The molecule has 0 aromatic carbocycles. The van der Waals surface area contributed by atoms with Crippen LogP contribution in [0.25, 0.3) is 0 Å². The molecule has 0 amide bonds. The van der Waals surface area contributed by atoms with Crippen molar-refractivity contribution in [3.8, 4) is 0 Å². The molecule has 0 atom stereocenters. The van der Waals surface area contributed by atoms with E-state index in [0.29, 0.717) is 26.3 Å². The van der Waals surface area contributed by atoms with Crippen LogP contribution in [0.4, 0.5) is 0 Å². The lowest BCUT2D eigenvalue weighted by atomic mass is 9.93. The Kier molecular flexibility index (Phi) is 4.91. The van der Waals surface area contributed by atoms with E-state index in [-0.39, 0.29) is 12.4 Å². The normalized spacial score (nSPS) is 20.0. The van der Waals surface area contributed by atoms with Crippen molar-refractivity contribution in [1.82, 2.24) is 9.03 Å². The lowest BCUT2D eigenvalue weighted by Crippen LogP contribution is -2.50. The summed E-state index contributed by atoms with van der Waals surface area (Å²) in [5, 5.41) is 11.5. The minimum atomic E-state index is -3.55. The van der Waals surface area contributed by atoms with Crippen LogP contribution < -0.4 is 10.5 Å². The molecular formula is C9H20N4O4S. The molecule has 0 aromatic heterocycles. The Labute approximate surface area is 107 Å². The number of morpholine rings is 1. The number of nitrogens with two attached hydrogens (primary N) is 1. The summed E-state index contributed by atoms with van der Waals surface area (Å²) in [5.41, 5.74) is 4.73. The van der Waals surface area contributed by atoms with Gasteiger partial charge in [-0.2, -0.15) is 12.7 Å². The molecule has 1 aliphatic rings. The zero-order valence-corrected chi connectivity index (χ0v) is 11.4. The van der Waals surface area contributed by atoms with Gasteiger partial charge in [-0.1, -0.05) is 19.0 Å². The Morgan fingerprint density at radius 2 is 2.06 bits per heavy atom. The van der Waals surface area contributed by atoms with E-state index in [4.69, 9.17) is 15.7 Å². The van der Waals surface area contributed by atoms with Gasteiger partial charge in [0, 0.05) is 25.0 Å². The maximum absolute atomic E-state index is 12.0. The molecule has 1 saturated heterocycles. The van der Waals surface area contributed by atoms with Gasteiger partial charge in [0.2, 0.25) is 0 Å². The van der Waals surface area contributed by atoms with E-state index in [1.165, 1.54) is 4.31 Å². The van der Waals surface area contributed by atoms with Gasteiger partial charge < -0.3 is 15.7 Å². The number of nitrogens with one attached hydrogen (secondary N) is 1. The third kappa shape index (κ3) is 3.80.